The summed E-state index contributed by atoms with van der Waals surface area (Å²) in [5.41, 5.74) is 1.16. The zero-order chi connectivity index (χ0) is 20.5. The molecule has 0 spiro atoms. The number of carbonyl (C=O) groups excluding carboxylic acids is 2. The van der Waals surface area contributed by atoms with Gasteiger partial charge in [-0.2, -0.15) is 0 Å². The second-order valence-corrected chi connectivity index (χ2v) is 8.79. The summed E-state index contributed by atoms with van der Waals surface area (Å²) in [4.78, 5) is 39.1. The SMILES string of the molecule is CC(C)CCNC(=O)c1c2c(cn(-c3ccccc3)c1=O)C(=O)CC(C)(C)C2. The first-order valence-corrected chi connectivity index (χ1v) is 9.85. The Labute approximate surface area is 165 Å². The van der Waals surface area contributed by atoms with Crippen LogP contribution in [0.3, 0.4) is 0 Å². The number of pyridine rings is 1. The van der Waals surface area contributed by atoms with E-state index in [1.807, 2.05) is 32.0 Å². The first-order valence-electron chi connectivity index (χ1n) is 9.85. The monoisotopic (exact) mass is 380 g/mol. The van der Waals surface area contributed by atoms with E-state index < -0.39 is 5.91 Å². The summed E-state index contributed by atoms with van der Waals surface area (Å²) in [6.45, 7) is 8.66. The van der Waals surface area contributed by atoms with Crippen LogP contribution in [0.4, 0.5) is 0 Å². The molecule has 0 bridgehead atoms. The molecule has 0 fully saturated rings. The van der Waals surface area contributed by atoms with E-state index >= 15 is 0 Å². The lowest BCUT2D eigenvalue weighted by Gasteiger charge is -2.31. The fraction of sp³-hybridized carbons (Fsp3) is 0.435. The van der Waals surface area contributed by atoms with Gasteiger partial charge < -0.3 is 5.32 Å². The van der Waals surface area contributed by atoms with Crippen LogP contribution in [0.15, 0.2) is 41.3 Å². The Hall–Kier alpha value is -2.69. The van der Waals surface area contributed by atoms with Gasteiger partial charge in [0.05, 0.1) is 0 Å². The van der Waals surface area contributed by atoms with Crippen LogP contribution in [0, 0.1) is 11.3 Å². The Morgan fingerprint density at radius 2 is 1.82 bits per heavy atom. The molecule has 5 nitrogen and oxygen atoms in total. The van der Waals surface area contributed by atoms with E-state index in [9.17, 15) is 14.4 Å². The molecular weight excluding hydrogens is 352 g/mol. The van der Waals surface area contributed by atoms with E-state index in [2.05, 4.69) is 19.2 Å². The second kappa shape index (κ2) is 7.74. The lowest BCUT2D eigenvalue weighted by molar-refractivity contribution is 0.0909. The average molecular weight is 380 g/mol. The van der Waals surface area contributed by atoms with Crippen LogP contribution in [0.25, 0.3) is 5.69 Å². The highest BCUT2D eigenvalue weighted by Crippen LogP contribution is 2.35. The highest BCUT2D eigenvalue weighted by atomic mass is 16.2. The maximum absolute atomic E-state index is 13.3. The van der Waals surface area contributed by atoms with Gasteiger partial charge in [0.25, 0.3) is 11.5 Å². The number of aromatic nitrogens is 1. The van der Waals surface area contributed by atoms with Gasteiger partial charge in [-0.25, -0.2) is 0 Å². The standard InChI is InChI=1S/C23H28N2O3/c1-15(2)10-11-24-21(27)20-17-12-23(3,4)13-19(26)18(17)14-25(22(20)28)16-8-6-5-7-9-16/h5-9,14-15H,10-13H2,1-4H3,(H,24,27). The second-order valence-electron chi connectivity index (χ2n) is 8.79. The molecule has 1 aromatic heterocycles. The number of hydrogen-bond donors (Lipinski definition) is 1. The summed E-state index contributed by atoms with van der Waals surface area (Å²) in [6.07, 6.45) is 3.38. The van der Waals surface area contributed by atoms with Crippen LogP contribution in [-0.2, 0) is 6.42 Å². The highest BCUT2D eigenvalue weighted by molar-refractivity contribution is 6.04. The molecule has 1 aromatic carbocycles. The fourth-order valence-corrected chi connectivity index (χ4v) is 3.72. The van der Waals surface area contributed by atoms with Crippen molar-refractivity contribution in [3.8, 4) is 5.69 Å². The van der Waals surface area contributed by atoms with Gasteiger partial charge in [-0.05, 0) is 41.9 Å². The van der Waals surface area contributed by atoms with Crippen molar-refractivity contribution in [2.45, 2.75) is 47.0 Å². The molecule has 1 aliphatic carbocycles. The maximum Gasteiger partial charge on any atom is 0.268 e. The fourth-order valence-electron chi connectivity index (χ4n) is 3.72. The smallest absolute Gasteiger partial charge is 0.268 e. The Balaban J connectivity index is 2.15. The van der Waals surface area contributed by atoms with Crippen molar-refractivity contribution >= 4 is 11.7 Å². The Morgan fingerprint density at radius 3 is 2.46 bits per heavy atom. The van der Waals surface area contributed by atoms with Gasteiger partial charge >= 0.3 is 0 Å². The molecule has 148 valence electrons. The molecule has 0 radical (unpaired) electrons. The van der Waals surface area contributed by atoms with Crippen LogP contribution in [0.5, 0.6) is 0 Å². The number of nitrogens with one attached hydrogen (secondary N) is 1. The summed E-state index contributed by atoms with van der Waals surface area (Å²) in [5, 5.41) is 2.88. The van der Waals surface area contributed by atoms with Gasteiger partial charge in [0.2, 0.25) is 0 Å². The molecule has 1 N–H and O–H groups in total. The van der Waals surface area contributed by atoms with Crippen LogP contribution in [-0.4, -0.2) is 22.8 Å². The number of fused-ring (bicyclic) bond motifs is 1. The summed E-state index contributed by atoms with van der Waals surface area (Å²) in [5.74, 6) is 0.0383. The summed E-state index contributed by atoms with van der Waals surface area (Å²) < 4.78 is 1.42. The number of carbonyl (C=O) groups is 2. The number of nitrogens with zero attached hydrogens (tertiary/aromatic N) is 1. The zero-order valence-corrected chi connectivity index (χ0v) is 17.0. The van der Waals surface area contributed by atoms with E-state index in [1.54, 1.807) is 18.3 Å². The third-order valence-corrected chi connectivity index (χ3v) is 5.18. The average Bonchev–Trinajstić information content (AvgIpc) is 2.60. The van der Waals surface area contributed by atoms with Crippen molar-refractivity contribution in [2.75, 3.05) is 6.54 Å². The van der Waals surface area contributed by atoms with Gasteiger partial charge in [0.1, 0.15) is 5.56 Å². The van der Waals surface area contributed by atoms with Crippen molar-refractivity contribution in [3.63, 3.8) is 0 Å². The normalized spacial score (nSPS) is 15.4. The van der Waals surface area contributed by atoms with Gasteiger partial charge in [-0.1, -0.05) is 45.9 Å². The van der Waals surface area contributed by atoms with E-state index in [0.717, 1.165) is 6.42 Å². The number of benzene rings is 1. The highest BCUT2D eigenvalue weighted by Gasteiger charge is 2.35. The van der Waals surface area contributed by atoms with Crippen molar-refractivity contribution in [3.05, 3.63) is 63.6 Å². The molecule has 2 aromatic rings. The number of Topliss-reactive ketones (excluding diaryl/α,β-unsaturated/α-hetero) is 1. The van der Waals surface area contributed by atoms with Crippen LogP contribution in [0.1, 0.15) is 66.8 Å². The zero-order valence-electron chi connectivity index (χ0n) is 17.0. The van der Waals surface area contributed by atoms with Crippen molar-refractivity contribution in [1.82, 2.24) is 9.88 Å². The third kappa shape index (κ3) is 4.08. The predicted molar refractivity (Wildman–Crippen MR) is 110 cm³/mol. The van der Waals surface area contributed by atoms with Gasteiger partial charge in [0.15, 0.2) is 5.78 Å². The molecule has 3 rings (SSSR count). The predicted octanol–water partition coefficient (Wildman–Crippen LogP) is 3.77. The summed E-state index contributed by atoms with van der Waals surface area (Å²) >= 11 is 0. The Bertz CT molecular complexity index is 956. The molecule has 5 heteroatoms. The van der Waals surface area contributed by atoms with E-state index in [0.29, 0.717) is 42.1 Å². The van der Waals surface area contributed by atoms with Crippen LogP contribution < -0.4 is 10.9 Å². The molecule has 0 atom stereocenters. The largest absolute Gasteiger partial charge is 0.352 e. The molecule has 28 heavy (non-hydrogen) atoms. The molecule has 1 heterocycles. The summed E-state index contributed by atoms with van der Waals surface area (Å²) in [6, 6.07) is 9.11. The maximum atomic E-state index is 13.3. The Morgan fingerprint density at radius 1 is 1.14 bits per heavy atom. The molecule has 1 aliphatic rings. The van der Waals surface area contributed by atoms with Crippen molar-refractivity contribution in [2.24, 2.45) is 11.3 Å². The summed E-state index contributed by atoms with van der Waals surface area (Å²) in [7, 11) is 0. The number of amides is 1. The molecule has 0 saturated carbocycles. The van der Waals surface area contributed by atoms with E-state index in [-0.39, 0.29) is 22.3 Å². The third-order valence-electron chi connectivity index (χ3n) is 5.18. The first-order chi connectivity index (χ1) is 13.2. The number of rotatable bonds is 5. The topological polar surface area (TPSA) is 68.2 Å². The number of ketones is 1. The van der Waals surface area contributed by atoms with Crippen LogP contribution in [0.2, 0.25) is 0 Å². The van der Waals surface area contributed by atoms with Gasteiger partial charge in [0, 0.05) is 30.4 Å². The first kappa shape index (κ1) is 20.1. The minimum Gasteiger partial charge on any atom is -0.352 e. The van der Waals surface area contributed by atoms with E-state index in [4.69, 9.17) is 0 Å². The number of para-hydroxylation sites is 1. The Kier molecular flexibility index (Phi) is 5.54. The molecule has 0 aliphatic heterocycles. The van der Waals surface area contributed by atoms with Crippen molar-refractivity contribution in [1.29, 1.82) is 0 Å². The van der Waals surface area contributed by atoms with Gasteiger partial charge in [-0.3, -0.25) is 19.0 Å². The van der Waals surface area contributed by atoms with E-state index in [1.165, 1.54) is 4.57 Å². The van der Waals surface area contributed by atoms with Crippen LogP contribution >= 0.6 is 0 Å². The lowest BCUT2D eigenvalue weighted by atomic mass is 9.73. The minimum atomic E-state index is -0.391. The lowest BCUT2D eigenvalue weighted by Crippen LogP contribution is -2.39. The molecular formula is C23H28N2O3. The molecule has 0 saturated heterocycles. The molecule has 1 amide bonds. The molecule has 0 unspecified atom stereocenters. The minimum absolute atomic E-state index is 0.0211. The van der Waals surface area contributed by atoms with Gasteiger partial charge in [-0.15, -0.1) is 0 Å². The number of hydrogen-bond acceptors (Lipinski definition) is 3. The van der Waals surface area contributed by atoms with Crippen molar-refractivity contribution < 1.29 is 9.59 Å². The quantitative estimate of drug-likeness (QED) is 0.858.